The van der Waals surface area contributed by atoms with Gasteiger partial charge in [0.1, 0.15) is 0 Å². The summed E-state index contributed by atoms with van der Waals surface area (Å²) in [5, 5.41) is 15.8. The second kappa shape index (κ2) is 7.10. The predicted octanol–water partition coefficient (Wildman–Crippen LogP) is 1.43. The molecule has 4 nitrogen and oxygen atoms in total. The van der Waals surface area contributed by atoms with Gasteiger partial charge >= 0.3 is 0 Å². The van der Waals surface area contributed by atoms with Crippen molar-refractivity contribution in [2.45, 2.75) is 65.0 Å². The summed E-state index contributed by atoms with van der Waals surface area (Å²) < 4.78 is 0. The van der Waals surface area contributed by atoms with Gasteiger partial charge in [-0.15, -0.1) is 0 Å². The molecule has 18 heavy (non-hydrogen) atoms. The summed E-state index contributed by atoms with van der Waals surface area (Å²) >= 11 is 0. The van der Waals surface area contributed by atoms with Gasteiger partial charge in [-0.2, -0.15) is 0 Å². The Morgan fingerprint density at radius 1 is 1.33 bits per heavy atom. The molecule has 1 atom stereocenters. The van der Waals surface area contributed by atoms with Gasteiger partial charge in [0.15, 0.2) is 0 Å². The van der Waals surface area contributed by atoms with Gasteiger partial charge in [0, 0.05) is 12.6 Å². The molecular formula is C14H28N2O2. The van der Waals surface area contributed by atoms with Crippen molar-refractivity contribution in [1.82, 2.24) is 10.6 Å². The Morgan fingerprint density at radius 2 is 1.94 bits per heavy atom. The SMILES string of the molecule is CC(C)(C)CC(O)CNCC(=O)NC1CCCC1. The van der Waals surface area contributed by atoms with Crippen LogP contribution in [-0.2, 0) is 4.79 Å². The van der Waals surface area contributed by atoms with Crippen LogP contribution in [0.25, 0.3) is 0 Å². The fourth-order valence-electron chi connectivity index (χ4n) is 2.48. The van der Waals surface area contributed by atoms with Gasteiger partial charge in [-0.3, -0.25) is 4.79 Å². The highest BCUT2D eigenvalue weighted by molar-refractivity contribution is 5.78. The molecule has 3 N–H and O–H groups in total. The Kier molecular flexibility index (Phi) is 6.09. The third-order valence-corrected chi connectivity index (χ3v) is 3.23. The van der Waals surface area contributed by atoms with Crippen LogP contribution in [0.2, 0.25) is 0 Å². The van der Waals surface area contributed by atoms with E-state index in [0.29, 0.717) is 19.1 Å². The second-order valence-electron chi connectivity index (χ2n) is 6.60. The van der Waals surface area contributed by atoms with Gasteiger partial charge in [0.05, 0.1) is 12.6 Å². The zero-order valence-corrected chi connectivity index (χ0v) is 12.0. The molecule has 1 aliphatic rings. The molecule has 106 valence electrons. The standard InChI is InChI=1S/C14H28N2O2/c1-14(2,3)8-12(17)9-15-10-13(18)16-11-6-4-5-7-11/h11-12,15,17H,4-10H2,1-3H3,(H,16,18). The summed E-state index contributed by atoms with van der Waals surface area (Å²) in [4.78, 5) is 11.6. The lowest BCUT2D eigenvalue weighted by atomic mass is 9.89. The molecule has 1 aliphatic carbocycles. The van der Waals surface area contributed by atoms with Crippen LogP contribution in [-0.4, -0.2) is 36.2 Å². The largest absolute Gasteiger partial charge is 0.392 e. The summed E-state index contributed by atoms with van der Waals surface area (Å²) in [6.07, 6.45) is 5.02. The van der Waals surface area contributed by atoms with E-state index in [1.165, 1.54) is 12.8 Å². The smallest absolute Gasteiger partial charge is 0.234 e. The van der Waals surface area contributed by atoms with Crippen molar-refractivity contribution >= 4 is 5.91 Å². The first-order valence-corrected chi connectivity index (χ1v) is 7.05. The molecule has 1 saturated carbocycles. The highest BCUT2D eigenvalue weighted by Crippen LogP contribution is 2.20. The number of rotatable bonds is 6. The number of aliphatic hydroxyl groups excluding tert-OH is 1. The summed E-state index contributed by atoms with van der Waals surface area (Å²) in [6, 6.07) is 0.374. The average molecular weight is 256 g/mol. The van der Waals surface area contributed by atoms with Crippen LogP contribution in [0.3, 0.4) is 0 Å². The zero-order valence-electron chi connectivity index (χ0n) is 12.0. The highest BCUT2D eigenvalue weighted by Gasteiger charge is 2.18. The summed E-state index contributed by atoms with van der Waals surface area (Å²) in [6.45, 7) is 7.09. The van der Waals surface area contributed by atoms with E-state index in [0.717, 1.165) is 19.3 Å². The van der Waals surface area contributed by atoms with Crippen molar-refractivity contribution in [3.8, 4) is 0 Å². The Hall–Kier alpha value is -0.610. The lowest BCUT2D eigenvalue weighted by Gasteiger charge is -2.22. The monoisotopic (exact) mass is 256 g/mol. The van der Waals surface area contributed by atoms with Crippen molar-refractivity contribution in [3.05, 3.63) is 0 Å². The van der Waals surface area contributed by atoms with E-state index in [1.54, 1.807) is 0 Å². The maximum absolute atomic E-state index is 11.6. The maximum atomic E-state index is 11.6. The minimum Gasteiger partial charge on any atom is -0.392 e. The van der Waals surface area contributed by atoms with E-state index in [9.17, 15) is 9.90 Å². The molecule has 0 aromatic heterocycles. The Balaban J connectivity index is 2.07. The number of carbonyl (C=O) groups is 1. The summed E-state index contributed by atoms with van der Waals surface area (Å²) in [7, 11) is 0. The van der Waals surface area contributed by atoms with Crippen LogP contribution < -0.4 is 10.6 Å². The van der Waals surface area contributed by atoms with Gasteiger partial charge in [-0.1, -0.05) is 33.6 Å². The molecular weight excluding hydrogens is 228 g/mol. The molecule has 1 unspecified atom stereocenters. The normalized spacial score (nSPS) is 18.9. The number of hydrogen-bond acceptors (Lipinski definition) is 3. The van der Waals surface area contributed by atoms with Crippen molar-refractivity contribution in [2.24, 2.45) is 5.41 Å². The lowest BCUT2D eigenvalue weighted by Crippen LogP contribution is -2.41. The first-order valence-electron chi connectivity index (χ1n) is 7.05. The fourth-order valence-corrected chi connectivity index (χ4v) is 2.48. The van der Waals surface area contributed by atoms with Gasteiger partial charge in [-0.05, 0) is 24.7 Å². The molecule has 1 rings (SSSR count). The molecule has 0 radical (unpaired) electrons. The van der Waals surface area contributed by atoms with Crippen LogP contribution in [0.5, 0.6) is 0 Å². The van der Waals surface area contributed by atoms with E-state index in [-0.39, 0.29) is 17.4 Å². The molecule has 4 heteroatoms. The van der Waals surface area contributed by atoms with Gasteiger partial charge in [0.2, 0.25) is 5.91 Å². The van der Waals surface area contributed by atoms with Gasteiger partial charge in [-0.25, -0.2) is 0 Å². The third kappa shape index (κ3) is 6.97. The minimum atomic E-state index is -0.385. The molecule has 1 fully saturated rings. The van der Waals surface area contributed by atoms with E-state index >= 15 is 0 Å². The Labute approximate surface area is 111 Å². The molecule has 1 amide bonds. The predicted molar refractivity (Wildman–Crippen MR) is 73.3 cm³/mol. The number of carbonyl (C=O) groups excluding carboxylic acids is 1. The molecule has 0 heterocycles. The lowest BCUT2D eigenvalue weighted by molar-refractivity contribution is -0.120. The first-order chi connectivity index (χ1) is 8.37. The molecule has 0 spiro atoms. The quantitative estimate of drug-likeness (QED) is 0.674. The average Bonchev–Trinajstić information content (AvgIpc) is 2.67. The third-order valence-electron chi connectivity index (χ3n) is 3.23. The Morgan fingerprint density at radius 3 is 2.50 bits per heavy atom. The number of aliphatic hydroxyl groups is 1. The van der Waals surface area contributed by atoms with Crippen LogP contribution in [0.4, 0.5) is 0 Å². The maximum Gasteiger partial charge on any atom is 0.234 e. The van der Waals surface area contributed by atoms with Crippen molar-refractivity contribution < 1.29 is 9.90 Å². The Bertz CT molecular complexity index is 255. The zero-order chi connectivity index (χ0) is 13.6. The molecule has 0 bridgehead atoms. The van der Waals surface area contributed by atoms with E-state index < -0.39 is 0 Å². The molecule has 0 aliphatic heterocycles. The van der Waals surface area contributed by atoms with Crippen molar-refractivity contribution in [3.63, 3.8) is 0 Å². The summed E-state index contributed by atoms with van der Waals surface area (Å²) in [5.41, 5.74) is 0.118. The molecule has 0 aromatic rings. The first kappa shape index (κ1) is 15.4. The summed E-state index contributed by atoms with van der Waals surface area (Å²) in [5.74, 6) is 0.0462. The topological polar surface area (TPSA) is 61.4 Å². The van der Waals surface area contributed by atoms with Gasteiger partial charge < -0.3 is 15.7 Å². The van der Waals surface area contributed by atoms with E-state index in [4.69, 9.17) is 0 Å². The molecule has 0 aromatic carbocycles. The van der Waals surface area contributed by atoms with Gasteiger partial charge in [0.25, 0.3) is 0 Å². The number of nitrogens with one attached hydrogen (secondary N) is 2. The minimum absolute atomic E-state index is 0.0462. The van der Waals surface area contributed by atoms with Crippen LogP contribution in [0, 0.1) is 5.41 Å². The molecule has 0 saturated heterocycles. The highest BCUT2D eigenvalue weighted by atomic mass is 16.3. The van der Waals surface area contributed by atoms with Crippen LogP contribution in [0.15, 0.2) is 0 Å². The van der Waals surface area contributed by atoms with Crippen LogP contribution >= 0.6 is 0 Å². The van der Waals surface area contributed by atoms with Crippen molar-refractivity contribution in [2.75, 3.05) is 13.1 Å². The van der Waals surface area contributed by atoms with E-state index in [1.807, 2.05) is 0 Å². The number of hydrogen-bond donors (Lipinski definition) is 3. The number of amides is 1. The fraction of sp³-hybridized carbons (Fsp3) is 0.929. The second-order valence-corrected chi connectivity index (χ2v) is 6.60. The van der Waals surface area contributed by atoms with Crippen LogP contribution in [0.1, 0.15) is 52.9 Å². The van der Waals surface area contributed by atoms with Crippen molar-refractivity contribution in [1.29, 1.82) is 0 Å². The van der Waals surface area contributed by atoms with E-state index in [2.05, 4.69) is 31.4 Å².